The summed E-state index contributed by atoms with van der Waals surface area (Å²) in [5, 5.41) is 6.41. The predicted octanol–water partition coefficient (Wildman–Crippen LogP) is 0.925. The second-order valence-corrected chi connectivity index (χ2v) is 7.24. The molecule has 0 radical (unpaired) electrons. The van der Waals surface area contributed by atoms with E-state index in [9.17, 15) is 9.59 Å². The predicted molar refractivity (Wildman–Crippen MR) is 96.5 cm³/mol. The summed E-state index contributed by atoms with van der Waals surface area (Å²) in [7, 11) is 0. The van der Waals surface area contributed by atoms with Crippen molar-refractivity contribution in [2.24, 2.45) is 11.8 Å². The third-order valence-electron chi connectivity index (χ3n) is 5.47. The molecule has 4 rings (SSSR count). The monoisotopic (exact) mass is 359 g/mol. The van der Waals surface area contributed by atoms with E-state index in [0.29, 0.717) is 43.6 Å². The van der Waals surface area contributed by atoms with Crippen LogP contribution in [0.15, 0.2) is 18.2 Å². The zero-order valence-electron chi connectivity index (χ0n) is 15.0. The van der Waals surface area contributed by atoms with Crippen LogP contribution in [0.4, 0.5) is 5.69 Å². The number of hydrogen-bond acceptors (Lipinski definition) is 5. The van der Waals surface area contributed by atoms with Gasteiger partial charge >= 0.3 is 0 Å². The topological polar surface area (TPSA) is 79.9 Å². The minimum absolute atomic E-state index is 0.138. The zero-order chi connectivity index (χ0) is 18.1. The molecule has 2 fully saturated rings. The molecule has 2 N–H and O–H groups in total. The summed E-state index contributed by atoms with van der Waals surface area (Å²) in [5.41, 5.74) is 0.754. The van der Waals surface area contributed by atoms with Crippen molar-refractivity contribution in [3.8, 4) is 11.5 Å². The molecule has 7 heteroatoms. The van der Waals surface area contributed by atoms with Gasteiger partial charge in [0.1, 0.15) is 19.1 Å². The second kappa shape index (κ2) is 7.15. The second-order valence-electron chi connectivity index (χ2n) is 7.24. The molecule has 26 heavy (non-hydrogen) atoms. The average molecular weight is 359 g/mol. The number of rotatable bonds is 3. The molecular weight excluding hydrogens is 334 g/mol. The number of benzene rings is 1. The molecule has 3 heterocycles. The molecule has 3 aliphatic rings. The Morgan fingerprint density at radius 2 is 2.04 bits per heavy atom. The number of anilines is 1. The summed E-state index contributed by atoms with van der Waals surface area (Å²) < 4.78 is 11.1. The molecule has 0 spiro atoms. The Morgan fingerprint density at radius 3 is 2.85 bits per heavy atom. The highest BCUT2D eigenvalue weighted by Gasteiger charge is 2.39. The fourth-order valence-electron chi connectivity index (χ4n) is 3.89. The maximum absolute atomic E-state index is 12.8. The maximum Gasteiger partial charge on any atom is 0.239 e. The summed E-state index contributed by atoms with van der Waals surface area (Å²) in [6.45, 7) is 5.49. The standard InChI is InChI=1S/C19H25N3O4/c1-12-11-20-6-4-15(12)21-18(23)14-5-7-22(19(14)24)13-2-3-16-17(10-13)26-9-8-25-16/h2-3,10,12,14-15,20H,4-9,11H2,1H3,(H,21,23). The lowest BCUT2D eigenvalue weighted by molar-refractivity contribution is -0.132. The Bertz CT molecular complexity index is 708. The lowest BCUT2D eigenvalue weighted by Crippen LogP contribution is -2.50. The normalized spacial score (nSPS) is 28.1. The number of hydrogen-bond donors (Lipinski definition) is 2. The SMILES string of the molecule is CC1CNCCC1NC(=O)C1CCN(c2ccc3c(c2)OCCO3)C1=O. The first-order valence-electron chi connectivity index (χ1n) is 9.35. The van der Waals surface area contributed by atoms with Crippen molar-refractivity contribution in [2.45, 2.75) is 25.8 Å². The highest BCUT2D eigenvalue weighted by Crippen LogP contribution is 2.36. The lowest BCUT2D eigenvalue weighted by atomic mass is 9.94. The van der Waals surface area contributed by atoms with Gasteiger partial charge in [-0.3, -0.25) is 9.59 Å². The van der Waals surface area contributed by atoms with Crippen LogP contribution in [0.1, 0.15) is 19.8 Å². The van der Waals surface area contributed by atoms with Crippen LogP contribution in [-0.4, -0.2) is 50.7 Å². The van der Waals surface area contributed by atoms with Crippen LogP contribution in [0.5, 0.6) is 11.5 Å². The van der Waals surface area contributed by atoms with Crippen LogP contribution in [0.3, 0.4) is 0 Å². The van der Waals surface area contributed by atoms with Gasteiger partial charge in [0.15, 0.2) is 11.5 Å². The third kappa shape index (κ3) is 3.23. The van der Waals surface area contributed by atoms with Crippen molar-refractivity contribution in [3.05, 3.63) is 18.2 Å². The molecule has 0 aromatic heterocycles. The van der Waals surface area contributed by atoms with Gasteiger partial charge in [-0.15, -0.1) is 0 Å². The number of fused-ring (bicyclic) bond motifs is 1. The lowest BCUT2D eigenvalue weighted by Gasteiger charge is -2.30. The van der Waals surface area contributed by atoms with Gasteiger partial charge in [-0.1, -0.05) is 6.92 Å². The van der Waals surface area contributed by atoms with Crippen LogP contribution in [0, 0.1) is 11.8 Å². The van der Waals surface area contributed by atoms with E-state index in [-0.39, 0.29) is 17.9 Å². The van der Waals surface area contributed by atoms with Crippen LogP contribution in [-0.2, 0) is 9.59 Å². The van der Waals surface area contributed by atoms with Gasteiger partial charge < -0.3 is 25.0 Å². The number of piperidine rings is 1. The van der Waals surface area contributed by atoms with Gasteiger partial charge in [0.05, 0.1) is 0 Å². The van der Waals surface area contributed by atoms with Gasteiger partial charge in [-0.05, 0) is 44.0 Å². The Kier molecular flexibility index (Phi) is 4.72. The summed E-state index contributed by atoms with van der Waals surface area (Å²) in [4.78, 5) is 27.1. The molecule has 0 bridgehead atoms. The fraction of sp³-hybridized carbons (Fsp3) is 0.579. The zero-order valence-corrected chi connectivity index (χ0v) is 15.0. The van der Waals surface area contributed by atoms with E-state index in [4.69, 9.17) is 9.47 Å². The van der Waals surface area contributed by atoms with E-state index in [0.717, 1.165) is 25.2 Å². The van der Waals surface area contributed by atoms with E-state index in [1.54, 1.807) is 4.90 Å². The molecule has 1 aromatic rings. The molecule has 3 atom stereocenters. The summed E-state index contributed by atoms with van der Waals surface area (Å²) in [5.74, 6) is 0.830. The first-order chi connectivity index (χ1) is 12.6. The number of amides is 2. The van der Waals surface area contributed by atoms with Gasteiger partial charge in [-0.2, -0.15) is 0 Å². The fourth-order valence-corrected chi connectivity index (χ4v) is 3.89. The van der Waals surface area contributed by atoms with Crippen LogP contribution >= 0.6 is 0 Å². The molecule has 3 aliphatic heterocycles. The average Bonchev–Trinajstić information content (AvgIpc) is 3.05. The molecule has 2 saturated heterocycles. The van der Waals surface area contributed by atoms with E-state index >= 15 is 0 Å². The Morgan fingerprint density at radius 1 is 1.23 bits per heavy atom. The molecule has 2 amide bonds. The summed E-state index contributed by atoms with van der Waals surface area (Å²) >= 11 is 0. The Balaban J connectivity index is 1.43. The molecule has 7 nitrogen and oxygen atoms in total. The number of nitrogens with one attached hydrogen (secondary N) is 2. The van der Waals surface area contributed by atoms with Crippen molar-refractivity contribution in [3.63, 3.8) is 0 Å². The first kappa shape index (κ1) is 17.1. The number of carbonyl (C=O) groups excluding carboxylic acids is 2. The Hall–Kier alpha value is -2.28. The largest absolute Gasteiger partial charge is 0.486 e. The van der Waals surface area contributed by atoms with Crippen molar-refractivity contribution in [2.75, 3.05) is 37.7 Å². The molecule has 0 aliphatic carbocycles. The van der Waals surface area contributed by atoms with E-state index in [1.165, 1.54) is 0 Å². The Labute approximate surface area is 153 Å². The van der Waals surface area contributed by atoms with E-state index < -0.39 is 5.92 Å². The summed E-state index contributed by atoms with van der Waals surface area (Å²) in [6, 6.07) is 5.63. The van der Waals surface area contributed by atoms with Gasteiger partial charge in [0.2, 0.25) is 11.8 Å². The minimum atomic E-state index is -0.606. The summed E-state index contributed by atoms with van der Waals surface area (Å²) in [6.07, 6.45) is 1.44. The number of ether oxygens (including phenoxy) is 2. The molecule has 0 saturated carbocycles. The van der Waals surface area contributed by atoms with E-state index in [1.807, 2.05) is 18.2 Å². The quantitative estimate of drug-likeness (QED) is 0.785. The van der Waals surface area contributed by atoms with Gasteiger partial charge in [-0.25, -0.2) is 0 Å². The van der Waals surface area contributed by atoms with Gasteiger partial charge in [0, 0.05) is 24.3 Å². The van der Waals surface area contributed by atoms with Crippen molar-refractivity contribution in [1.82, 2.24) is 10.6 Å². The number of nitrogens with zero attached hydrogens (tertiary/aromatic N) is 1. The van der Waals surface area contributed by atoms with Gasteiger partial charge in [0.25, 0.3) is 0 Å². The van der Waals surface area contributed by atoms with Crippen LogP contribution < -0.4 is 25.0 Å². The van der Waals surface area contributed by atoms with E-state index in [2.05, 4.69) is 17.6 Å². The van der Waals surface area contributed by atoms with Crippen molar-refractivity contribution >= 4 is 17.5 Å². The molecule has 3 unspecified atom stereocenters. The third-order valence-corrected chi connectivity index (χ3v) is 5.47. The van der Waals surface area contributed by atoms with Crippen molar-refractivity contribution < 1.29 is 19.1 Å². The molecular formula is C19H25N3O4. The molecule has 140 valence electrons. The van der Waals surface area contributed by atoms with Crippen molar-refractivity contribution in [1.29, 1.82) is 0 Å². The first-order valence-corrected chi connectivity index (χ1v) is 9.35. The highest BCUT2D eigenvalue weighted by molar-refractivity contribution is 6.09. The smallest absolute Gasteiger partial charge is 0.239 e. The van der Waals surface area contributed by atoms with Crippen LogP contribution in [0.2, 0.25) is 0 Å². The minimum Gasteiger partial charge on any atom is -0.486 e. The number of carbonyl (C=O) groups is 2. The van der Waals surface area contributed by atoms with Crippen LogP contribution in [0.25, 0.3) is 0 Å². The maximum atomic E-state index is 12.8. The molecule has 1 aromatic carbocycles. The highest BCUT2D eigenvalue weighted by atomic mass is 16.6.